The predicted molar refractivity (Wildman–Crippen MR) is 76.4 cm³/mol. The van der Waals surface area contributed by atoms with Gasteiger partial charge in [-0.2, -0.15) is 0 Å². The van der Waals surface area contributed by atoms with Crippen LogP contribution in [0.2, 0.25) is 0 Å². The Labute approximate surface area is 113 Å². The van der Waals surface area contributed by atoms with Gasteiger partial charge in [0, 0.05) is 39.1 Å². The van der Waals surface area contributed by atoms with Crippen LogP contribution in [0.1, 0.15) is 18.4 Å². The van der Waals surface area contributed by atoms with Crippen LogP contribution >= 0.6 is 0 Å². The Morgan fingerprint density at radius 3 is 2.95 bits per heavy atom. The van der Waals surface area contributed by atoms with Gasteiger partial charge in [0.15, 0.2) is 11.5 Å². The van der Waals surface area contributed by atoms with Crippen LogP contribution in [-0.4, -0.2) is 42.1 Å². The Hall–Kier alpha value is -1.39. The van der Waals surface area contributed by atoms with Crippen LogP contribution in [0.5, 0.6) is 0 Å². The van der Waals surface area contributed by atoms with Crippen molar-refractivity contribution in [1.82, 2.24) is 15.2 Å². The lowest BCUT2D eigenvalue weighted by molar-refractivity contribution is 0.183. The van der Waals surface area contributed by atoms with E-state index in [1.807, 2.05) is 13.0 Å². The van der Waals surface area contributed by atoms with Crippen molar-refractivity contribution in [3.05, 3.63) is 29.7 Å². The third kappa shape index (κ3) is 2.80. The van der Waals surface area contributed by atoms with Crippen LogP contribution in [0, 0.1) is 6.92 Å². The quantitative estimate of drug-likeness (QED) is 0.915. The van der Waals surface area contributed by atoms with Crippen LogP contribution < -0.4 is 5.32 Å². The maximum atomic E-state index is 5.51. The Morgan fingerprint density at radius 1 is 1.37 bits per heavy atom. The van der Waals surface area contributed by atoms with E-state index in [1.165, 1.54) is 5.56 Å². The fraction of sp³-hybridized carbons (Fsp3) is 0.533. The Morgan fingerprint density at radius 2 is 2.16 bits per heavy atom. The number of nitrogens with zero attached hydrogens (tertiary/aromatic N) is 2. The smallest absolute Gasteiger partial charge is 0.192 e. The molecule has 1 aliphatic rings. The molecule has 1 aromatic heterocycles. The largest absolute Gasteiger partial charge is 0.441 e. The van der Waals surface area contributed by atoms with E-state index in [2.05, 4.69) is 34.3 Å². The number of oxazole rings is 1. The van der Waals surface area contributed by atoms with Gasteiger partial charge in [-0.25, -0.2) is 4.98 Å². The summed E-state index contributed by atoms with van der Waals surface area (Å²) in [7, 11) is 0. The Kier molecular flexibility index (Phi) is 3.53. The van der Waals surface area contributed by atoms with Gasteiger partial charge < -0.3 is 9.73 Å². The van der Waals surface area contributed by atoms with Crippen molar-refractivity contribution < 1.29 is 4.42 Å². The maximum absolute atomic E-state index is 5.51. The molecule has 0 bridgehead atoms. The van der Waals surface area contributed by atoms with E-state index in [0.29, 0.717) is 6.04 Å². The van der Waals surface area contributed by atoms with E-state index in [4.69, 9.17) is 4.42 Å². The summed E-state index contributed by atoms with van der Waals surface area (Å²) in [5.41, 5.74) is 3.20. The average Bonchev–Trinajstić information content (AvgIpc) is 2.79. The molecule has 1 saturated heterocycles. The van der Waals surface area contributed by atoms with Crippen molar-refractivity contribution in [2.45, 2.75) is 26.3 Å². The molecule has 0 amide bonds. The van der Waals surface area contributed by atoms with Crippen LogP contribution in [0.25, 0.3) is 11.1 Å². The lowest BCUT2D eigenvalue weighted by Crippen LogP contribution is -2.48. The third-order valence-corrected chi connectivity index (χ3v) is 3.86. The highest BCUT2D eigenvalue weighted by molar-refractivity contribution is 5.73. The summed E-state index contributed by atoms with van der Waals surface area (Å²) in [5, 5.41) is 3.40. The molecule has 4 heteroatoms. The number of benzene rings is 1. The van der Waals surface area contributed by atoms with Crippen LogP contribution in [-0.2, 0) is 6.42 Å². The van der Waals surface area contributed by atoms with E-state index in [9.17, 15) is 0 Å². The number of rotatable bonds is 3. The Bertz CT molecular complexity index is 558. The van der Waals surface area contributed by atoms with Gasteiger partial charge in [0.05, 0.1) is 0 Å². The highest BCUT2D eigenvalue weighted by Gasteiger charge is 2.16. The molecule has 19 heavy (non-hydrogen) atoms. The zero-order valence-electron chi connectivity index (χ0n) is 11.6. The first-order valence-electron chi connectivity index (χ1n) is 7.03. The average molecular weight is 259 g/mol. The minimum absolute atomic E-state index is 0.576. The first kappa shape index (κ1) is 12.6. The first-order chi connectivity index (χ1) is 9.22. The topological polar surface area (TPSA) is 41.3 Å². The predicted octanol–water partition coefficient (Wildman–Crippen LogP) is 1.97. The number of aromatic nitrogens is 1. The highest BCUT2D eigenvalue weighted by Crippen LogP contribution is 2.18. The molecule has 0 spiro atoms. The minimum atomic E-state index is 0.576. The third-order valence-electron chi connectivity index (χ3n) is 3.86. The van der Waals surface area contributed by atoms with Crippen molar-refractivity contribution in [2.24, 2.45) is 0 Å². The highest BCUT2D eigenvalue weighted by atomic mass is 16.3. The molecule has 1 aliphatic heterocycles. The second kappa shape index (κ2) is 5.31. The number of hydrogen-bond acceptors (Lipinski definition) is 4. The number of nitrogens with one attached hydrogen (secondary N) is 1. The van der Waals surface area contributed by atoms with Crippen molar-refractivity contribution in [1.29, 1.82) is 0 Å². The zero-order valence-corrected chi connectivity index (χ0v) is 11.6. The number of aryl methyl sites for hydroxylation is 1. The summed E-state index contributed by atoms with van der Waals surface area (Å²) in [6, 6.07) is 6.93. The van der Waals surface area contributed by atoms with Crippen molar-refractivity contribution in [3.63, 3.8) is 0 Å². The Balaban J connectivity index is 1.72. The van der Waals surface area contributed by atoms with Gasteiger partial charge in [-0.15, -0.1) is 0 Å². The SMILES string of the molecule is Cc1nc2cc(CC(C)N3CCNCC3)ccc2o1. The van der Waals surface area contributed by atoms with Gasteiger partial charge in [-0.05, 0) is 31.0 Å². The normalized spacial score (nSPS) is 18.8. The van der Waals surface area contributed by atoms with E-state index in [-0.39, 0.29) is 0 Å². The molecule has 0 aliphatic carbocycles. The maximum Gasteiger partial charge on any atom is 0.192 e. The van der Waals surface area contributed by atoms with E-state index >= 15 is 0 Å². The molecule has 1 fully saturated rings. The second-order valence-corrected chi connectivity index (χ2v) is 5.37. The molecule has 0 radical (unpaired) electrons. The monoisotopic (exact) mass is 259 g/mol. The molecule has 1 atom stereocenters. The molecule has 2 heterocycles. The van der Waals surface area contributed by atoms with Crippen LogP contribution in [0.4, 0.5) is 0 Å². The lowest BCUT2D eigenvalue weighted by Gasteiger charge is -2.32. The summed E-state index contributed by atoms with van der Waals surface area (Å²) >= 11 is 0. The number of fused-ring (bicyclic) bond motifs is 1. The summed E-state index contributed by atoms with van der Waals surface area (Å²) in [6.07, 6.45) is 1.07. The summed E-state index contributed by atoms with van der Waals surface area (Å²) in [4.78, 5) is 6.95. The second-order valence-electron chi connectivity index (χ2n) is 5.37. The fourth-order valence-electron chi connectivity index (χ4n) is 2.81. The molecule has 0 saturated carbocycles. The van der Waals surface area contributed by atoms with E-state index in [0.717, 1.165) is 49.6 Å². The lowest BCUT2D eigenvalue weighted by atomic mass is 10.0. The fourth-order valence-corrected chi connectivity index (χ4v) is 2.81. The summed E-state index contributed by atoms with van der Waals surface area (Å²) in [6.45, 7) is 8.70. The molecule has 1 N–H and O–H groups in total. The summed E-state index contributed by atoms with van der Waals surface area (Å²) < 4.78 is 5.51. The van der Waals surface area contributed by atoms with Crippen LogP contribution in [0.15, 0.2) is 22.6 Å². The molecular formula is C15H21N3O. The first-order valence-corrected chi connectivity index (χ1v) is 7.03. The zero-order chi connectivity index (χ0) is 13.2. The number of piperazine rings is 1. The van der Waals surface area contributed by atoms with Gasteiger partial charge in [0.1, 0.15) is 5.52 Å². The van der Waals surface area contributed by atoms with Gasteiger partial charge in [0.25, 0.3) is 0 Å². The standard InChI is InChI=1S/C15H21N3O/c1-11(18-7-5-16-6-8-18)9-13-3-4-15-14(10-13)17-12(2)19-15/h3-4,10-11,16H,5-9H2,1-2H3. The molecule has 1 unspecified atom stereocenters. The molecule has 4 nitrogen and oxygen atoms in total. The van der Waals surface area contributed by atoms with Gasteiger partial charge in [-0.1, -0.05) is 6.07 Å². The molecule has 2 aromatic rings. The van der Waals surface area contributed by atoms with Crippen molar-refractivity contribution in [3.8, 4) is 0 Å². The van der Waals surface area contributed by atoms with E-state index in [1.54, 1.807) is 0 Å². The molecule has 102 valence electrons. The van der Waals surface area contributed by atoms with Crippen LogP contribution in [0.3, 0.4) is 0 Å². The molecule has 3 rings (SSSR count). The van der Waals surface area contributed by atoms with E-state index < -0.39 is 0 Å². The van der Waals surface area contributed by atoms with Crippen molar-refractivity contribution in [2.75, 3.05) is 26.2 Å². The molecular weight excluding hydrogens is 238 g/mol. The number of hydrogen-bond donors (Lipinski definition) is 1. The summed E-state index contributed by atoms with van der Waals surface area (Å²) in [5.74, 6) is 0.738. The van der Waals surface area contributed by atoms with Crippen molar-refractivity contribution >= 4 is 11.1 Å². The minimum Gasteiger partial charge on any atom is -0.441 e. The van der Waals surface area contributed by atoms with Gasteiger partial charge in [-0.3, -0.25) is 4.90 Å². The van der Waals surface area contributed by atoms with Gasteiger partial charge in [0.2, 0.25) is 0 Å². The molecule has 1 aromatic carbocycles. The van der Waals surface area contributed by atoms with Gasteiger partial charge >= 0.3 is 0 Å².